The maximum Gasteiger partial charge on any atom is 0.338 e. The number of halogens is 1. The summed E-state index contributed by atoms with van der Waals surface area (Å²) in [5.41, 5.74) is 3.22. The minimum Gasteiger partial charge on any atom is -0.462 e. The monoisotopic (exact) mass is 454 g/mol. The summed E-state index contributed by atoms with van der Waals surface area (Å²) in [6.07, 6.45) is 5.92. The van der Waals surface area contributed by atoms with Gasteiger partial charge in [0.1, 0.15) is 0 Å². The minimum atomic E-state index is -0.317. The van der Waals surface area contributed by atoms with Gasteiger partial charge in [-0.2, -0.15) is 0 Å². The van der Waals surface area contributed by atoms with Gasteiger partial charge in [0.05, 0.1) is 17.7 Å². The first-order chi connectivity index (χ1) is 15.5. The Hall–Kier alpha value is -2.53. The number of fused-ring (bicyclic) bond motifs is 1. The van der Waals surface area contributed by atoms with Gasteiger partial charge < -0.3 is 15.0 Å². The summed E-state index contributed by atoms with van der Waals surface area (Å²) in [6, 6.07) is 13.0. The molecular weight excluding hydrogens is 424 g/mol. The van der Waals surface area contributed by atoms with Crippen LogP contribution in [0.25, 0.3) is 0 Å². The van der Waals surface area contributed by atoms with Crippen LogP contribution >= 0.6 is 11.6 Å². The van der Waals surface area contributed by atoms with E-state index in [0.29, 0.717) is 35.7 Å². The minimum absolute atomic E-state index is 0.0967. The van der Waals surface area contributed by atoms with Crippen molar-refractivity contribution in [1.29, 1.82) is 0 Å². The average Bonchev–Trinajstić information content (AvgIpc) is 3.23. The Morgan fingerprint density at radius 1 is 1.06 bits per heavy atom. The van der Waals surface area contributed by atoms with Crippen molar-refractivity contribution >= 4 is 29.2 Å². The lowest BCUT2D eigenvalue weighted by Crippen LogP contribution is -2.29. The summed E-state index contributed by atoms with van der Waals surface area (Å²) in [5.74, 6) is 1.07. The van der Waals surface area contributed by atoms with Crippen LogP contribution < -0.4 is 10.2 Å². The van der Waals surface area contributed by atoms with Crippen LogP contribution in [0.5, 0.6) is 0 Å². The Labute approximate surface area is 195 Å². The maximum absolute atomic E-state index is 13.0. The van der Waals surface area contributed by atoms with Gasteiger partial charge in [0.2, 0.25) is 0 Å². The summed E-state index contributed by atoms with van der Waals surface area (Å²) >= 11 is 6.25. The van der Waals surface area contributed by atoms with Crippen LogP contribution in [0.15, 0.2) is 42.5 Å². The molecule has 170 valence electrons. The van der Waals surface area contributed by atoms with Crippen molar-refractivity contribution in [2.24, 2.45) is 11.8 Å². The van der Waals surface area contributed by atoms with Crippen molar-refractivity contribution in [3.05, 3.63) is 64.2 Å². The lowest BCUT2D eigenvalue weighted by molar-refractivity contribution is 0.0526. The molecule has 2 aromatic carbocycles. The van der Waals surface area contributed by atoms with E-state index in [0.717, 1.165) is 36.2 Å². The van der Waals surface area contributed by atoms with E-state index in [2.05, 4.69) is 10.2 Å². The highest BCUT2D eigenvalue weighted by Gasteiger charge is 2.35. The molecule has 0 bridgehead atoms. The zero-order chi connectivity index (χ0) is 22.5. The van der Waals surface area contributed by atoms with E-state index in [9.17, 15) is 9.59 Å². The van der Waals surface area contributed by atoms with Gasteiger partial charge in [0.25, 0.3) is 5.91 Å². The summed E-state index contributed by atoms with van der Waals surface area (Å²) in [7, 11) is 0. The van der Waals surface area contributed by atoms with Crippen LogP contribution in [0.2, 0.25) is 5.02 Å². The van der Waals surface area contributed by atoms with E-state index < -0.39 is 0 Å². The molecule has 5 nitrogen and oxygen atoms in total. The number of hydrogen-bond donors (Lipinski definition) is 1. The first-order valence-corrected chi connectivity index (χ1v) is 12.0. The SMILES string of the molecule is CCOC(=O)c1ccc(CCNC(=O)c2cc(Cl)ccc2N2CC3CCCCC3C2)cc1. The molecule has 1 heterocycles. The van der Waals surface area contributed by atoms with Crippen molar-refractivity contribution < 1.29 is 14.3 Å². The number of hydrogen-bond acceptors (Lipinski definition) is 4. The number of ether oxygens (including phenoxy) is 1. The topological polar surface area (TPSA) is 58.6 Å². The molecule has 2 aromatic rings. The lowest BCUT2D eigenvalue weighted by atomic mass is 9.82. The van der Waals surface area contributed by atoms with Crippen LogP contribution in [0.4, 0.5) is 5.69 Å². The quantitative estimate of drug-likeness (QED) is 0.590. The third kappa shape index (κ3) is 5.26. The van der Waals surface area contributed by atoms with Gasteiger partial charge in [0, 0.05) is 30.3 Å². The van der Waals surface area contributed by atoms with E-state index in [-0.39, 0.29) is 11.9 Å². The smallest absolute Gasteiger partial charge is 0.338 e. The predicted octanol–water partition coefficient (Wildman–Crippen LogP) is 5.12. The molecule has 2 fully saturated rings. The van der Waals surface area contributed by atoms with Crippen LogP contribution in [-0.4, -0.2) is 38.1 Å². The lowest BCUT2D eigenvalue weighted by Gasteiger charge is -2.22. The normalized spacial score (nSPS) is 20.0. The van der Waals surface area contributed by atoms with Crippen LogP contribution in [0.1, 0.15) is 58.9 Å². The molecule has 0 spiro atoms. The molecule has 1 N–H and O–H groups in total. The third-order valence-corrected chi connectivity index (χ3v) is 6.92. The molecular formula is C26H31ClN2O3. The number of carbonyl (C=O) groups is 2. The summed E-state index contributed by atoms with van der Waals surface area (Å²) in [6.45, 7) is 4.71. The molecule has 0 radical (unpaired) electrons. The predicted molar refractivity (Wildman–Crippen MR) is 128 cm³/mol. The molecule has 1 aliphatic carbocycles. The first-order valence-electron chi connectivity index (χ1n) is 11.6. The Balaban J connectivity index is 1.37. The number of rotatable bonds is 7. The molecule has 32 heavy (non-hydrogen) atoms. The Morgan fingerprint density at radius 2 is 1.75 bits per heavy atom. The van der Waals surface area contributed by atoms with Gasteiger partial charge in [-0.05, 0) is 73.9 Å². The van der Waals surface area contributed by atoms with Gasteiger partial charge in [-0.3, -0.25) is 4.79 Å². The number of nitrogens with zero attached hydrogens (tertiary/aromatic N) is 1. The van der Waals surface area contributed by atoms with E-state index in [1.807, 2.05) is 24.3 Å². The van der Waals surface area contributed by atoms with Crippen molar-refractivity contribution in [1.82, 2.24) is 5.32 Å². The molecule has 1 amide bonds. The zero-order valence-electron chi connectivity index (χ0n) is 18.6. The highest BCUT2D eigenvalue weighted by atomic mass is 35.5. The Kier molecular flexibility index (Phi) is 7.36. The number of benzene rings is 2. The summed E-state index contributed by atoms with van der Waals surface area (Å²) < 4.78 is 5.01. The molecule has 1 saturated carbocycles. The Morgan fingerprint density at radius 3 is 2.41 bits per heavy atom. The maximum atomic E-state index is 13.0. The fourth-order valence-electron chi connectivity index (χ4n) is 5.01. The average molecular weight is 455 g/mol. The van der Waals surface area contributed by atoms with Crippen molar-refractivity contribution in [3.63, 3.8) is 0 Å². The largest absolute Gasteiger partial charge is 0.462 e. The molecule has 0 aromatic heterocycles. The van der Waals surface area contributed by atoms with E-state index in [1.54, 1.807) is 25.1 Å². The third-order valence-electron chi connectivity index (χ3n) is 6.68. The second-order valence-corrected chi connectivity index (χ2v) is 9.23. The van der Waals surface area contributed by atoms with Gasteiger partial charge >= 0.3 is 5.97 Å². The number of anilines is 1. The highest BCUT2D eigenvalue weighted by molar-refractivity contribution is 6.31. The van der Waals surface area contributed by atoms with Gasteiger partial charge in [-0.1, -0.05) is 36.6 Å². The Bertz CT molecular complexity index is 946. The van der Waals surface area contributed by atoms with Crippen LogP contribution in [-0.2, 0) is 11.2 Å². The number of carbonyl (C=O) groups excluding carboxylic acids is 2. The van der Waals surface area contributed by atoms with E-state index in [1.165, 1.54) is 25.7 Å². The molecule has 4 rings (SSSR count). The van der Waals surface area contributed by atoms with Crippen molar-refractivity contribution in [2.45, 2.75) is 39.0 Å². The van der Waals surface area contributed by atoms with E-state index in [4.69, 9.17) is 16.3 Å². The molecule has 2 unspecified atom stereocenters. The van der Waals surface area contributed by atoms with Gasteiger partial charge in [-0.25, -0.2) is 4.79 Å². The first kappa shape index (κ1) is 22.7. The second-order valence-electron chi connectivity index (χ2n) is 8.79. The fourth-order valence-corrected chi connectivity index (χ4v) is 5.18. The van der Waals surface area contributed by atoms with Crippen molar-refractivity contribution in [2.75, 3.05) is 31.1 Å². The molecule has 2 atom stereocenters. The summed E-state index contributed by atoms with van der Waals surface area (Å²) in [4.78, 5) is 27.2. The van der Waals surface area contributed by atoms with Gasteiger partial charge in [0.15, 0.2) is 0 Å². The standard InChI is InChI=1S/C26H31ClN2O3/c1-2-32-26(31)19-9-7-18(8-10-19)13-14-28-25(30)23-15-22(27)11-12-24(23)29-16-20-5-3-4-6-21(20)17-29/h7-12,15,20-21H,2-6,13-14,16-17H2,1H3,(H,28,30). The second kappa shape index (κ2) is 10.4. The van der Waals surface area contributed by atoms with E-state index >= 15 is 0 Å². The molecule has 1 aliphatic heterocycles. The summed E-state index contributed by atoms with van der Waals surface area (Å²) in [5, 5.41) is 3.62. The number of amides is 1. The van der Waals surface area contributed by atoms with Crippen molar-refractivity contribution in [3.8, 4) is 0 Å². The molecule has 1 saturated heterocycles. The van der Waals surface area contributed by atoms with Gasteiger partial charge in [-0.15, -0.1) is 0 Å². The van der Waals surface area contributed by atoms with Crippen LogP contribution in [0, 0.1) is 11.8 Å². The zero-order valence-corrected chi connectivity index (χ0v) is 19.4. The number of nitrogens with one attached hydrogen (secondary N) is 1. The molecule has 2 aliphatic rings. The molecule has 6 heteroatoms. The number of esters is 1. The fraction of sp³-hybridized carbons (Fsp3) is 0.462. The highest BCUT2D eigenvalue weighted by Crippen LogP contribution is 2.39. The van der Waals surface area contributed by atoms with Crippen LogP contribution in [0.3, 0.4) is 0 Å².